The molecule has 0 saturated heterocycles. The molecule has 0 N–H and O–H groups in total. The molecule has 1 rings (SSSR count). The van der Waals surface area contributed by atoms with Crippen LogP contribution in [0.2, 0.25) is 0 Å². The molecule has 0 heterocycles. The van der Waals surface area contributed by atoms with E-state index in [0.29, 0.717) is 5.22 Å². The minimum atomic E-state index is -0.160. The van der Waals surface area contributed by atoms with E-state index in [1.54, 1.807) is 0 Å². The van der Waals surface area contributed by atoms with Crippen LogP contribution in [-0.2, 0) is 0 Å². The van der Waals surface area contributed by atoms with E-state index in [9.17, 15) is 4.39 Å². The van der Waals surface area contributed by atoms with Gasteiger partial charge < -0.3 is 0 Å². The molecule has 0 aromatic heterocycles. The van der Waals surface area contributed by atoms with Gasteiger partial charge in [0, 0.05) is 5.22 Å². The first kappa shape index (κ1) is 8.98. The molecular formula is C11H13F. The Bertz CT molecular complexity index is 398. The van der Waals surface area contributed by atoms with E-state index in [-0.39, 0.29) is 5.83 Å². The summed E-state index contributed by atoms with van der Waals surface area (Å²) in [6.45, 7) is 9.19. The van der Waals surface area contributed by atoms with Gasteiger partial charge in [-0.25, -0.2) is 4.39 Å². The van der Waals surface area contributed by atoms with Crippen LogP contribution < -0.4 is 10.4 Å². The lowest BCUT2D eigenvalue weighted by atomic mass is 10.1. The summed E-state index contributed by atoms with van der Waals surface area (Å²) in [5.41, 5.74) is 2.12. The van der Waals surface area contributed by atoms with Crippen LogP contribution >= 0.6 is 0 Å². The van der Waals surface area contributed by atoms with Gasteiger partial charge in [0.15, 0.2) is 0 Å². The van der Waals surface area contributed by atoms with Gasteiger partial charge in [-0.1, -0.05) is 18.2 Å². The van der Waals surface area contributed by atoms with Crippen molar-refractivity contribution in [2.75, 3.05) is 0 Å². The zero-order valence-electron chi connectivity index (χ0n) is 7.74. The Morgan fingerprint density at radius 1 is 1.33 bits per heavy atom. The van der Waals surface area contributed by atoms with E-state index in [4.69, 9.17) is 0 Å². The summed E-state index contributed by atoms with van der Waals surface area (Å²) in [5, 5.41) is 1.42. The topological polar surface area (TPSA) is 0 Å². The fourth-order valence-electron chi connectivity index (χ4n) is 1.30. The second-order valence-electron chi connectivity index (χ2n) is 3.14. The van der Waals surface area contributed by atoms with Crippen LogP contribution in [0, 0.1) is 13.8 Å². The van der Waals surface area contributed by atoms with E-state index in [0.717, 1.165) is 16.3 Å². The summed E-state index contributed by atoms with van der Waals surface area (Å²) in [4.78, 5) is 0. The zero-order chi connectivity index (χ0) is 9.30. The van der Waals surface area contributed by atoms with Crippen molar-refractivity contribution in [1.29, 1.82) is 0 Å². The third kappa shape index (κ3) is 1.55. The normalized spacial score (nSPS) is 13.0. The van der Waals surface area contributed by atoms with Gasteiger partial charge in [-0.05, 0) is 37.6 Å². The SMILES string of the molecule is C=c1c(C)cc(C)c/c1=C(/C)F. The summed E-state index contributed by atoms with van der Waals surface area (Å²) >= 11 is 0. The van der Waals surface area contributed by atoms with E-state index in [2.05, 4.69) is 6.58 Å². The van der Waals surface area contributed by atoms with Crippen molar-refractivity contribution in [2.24, 2.45) is 0 Å². The van der Waals surface area contributed by atoms with Gasteiger partial charge in [-0.15, -0.1) is 0 Å². The van der Waals surface area contributed by atoms with Crippen LogP contribution in [0.15, 0.2) is 12.1 Å². The average molecular weight is 164 g/mol. The molecule has 0 aliphatic rings. The molecule has 0 spiro atoms. The van der Waals surface area contributed by atoms with Crippen LogP contribution in [0.25, 0.3) is 12.4 Å². The lowest BCUT2D eigenvalue weighted by Crippen LogP contribution is -2.27. The molecular weight excluding hydrogens is 151 g/mol. The molecule has 0 saturated carbocycles. The smallest absolute Gasteiger partial charge is 0.105 e. The number of rotatable bonds is 0. The molecule has 0 bridgehead atoms. The quantitative estimate of drug-likeness (QED) is 0.548. The van der Waals surface area contributed by atoms with Gasteiger partial charge in [-0.3, -0.25) is 0 Å². The zero-order valence-corrected chi connectivity index (χ0v) is 7.74. The Hall–Kier alpha value is -1.11. The first-order chi connectivity index (χ1) is 5.52. The molecule has 1 aromatic carbocycles. The lowest BCUT2D eigenvalue weighted by molar-refractivity contribution is 0.740. The van der Waals surface area contributed by atoms with Gasteiger partial charge in [0.2, 0.25) is 0 Å². The van der Waals surface area contributed by atoms with Crippen LogP contribution in [0.3, 0.4) is 0 Å². The Morgan fingerprint density at radius 3 is 2.42 bits per heavy atom. The summed E-state index contributed by atoms with van der Waals surface area (Å²) in [5.74, 6) is -0.160. The molecule has 0 nitrogen and oxygen atoms in total. The number of benzene rings is 1. The van der Waals surface area contributed by atoms with Crippen molar-refractivity contribution in [3.63, 3.8) is 0 Å². The lowest BCUT2D eigenvalue weighted by Gasteiger charge is -1.98. The van der Waals surface area contributed by atoms with E-state index < -0.39 is 0 Å². The average Bonchev–Trinajstić information content (AvgIpc) is 1.96. The number of aryl methyl sites for hydroxylation is 2. The van der Waals surface area contributed by atoms with Crippen molar-refractivity contribution >= 4 is 12.4 Å². The molecule has 1 heteroatoms. The van der Waals surface area contributed by atoms with Crippen molar-refractivity contribution < 1.29 is 4.39 Å². The van der Waals surface area contributed by atoms with Crippen molar-refractivity contribution in [1.82, 2.24) is 0 Å². The Labute approximate surface area is 72.0 Å². The van der Waals surface area contributed by atoms with E-state index in [1.165, 1.54) is 6.92 Å². The Morgan fingerprint density at radius 2 is 1.92 bits per heavy atom. The predicted octanol–water partition coefficient (Wildman–Crippen LogP) is 1.81. The number of hydrogen-bond acceptors (Lipinski definition) is 0. The summed E-state index contributed by atoms with van der Waals surface area (Å²) in [6.07, 6.45) is 0. The molecule has 12 heavy (non-hydrogen) atoms. The first-order valence-electron chi connectivity index (χ1n) is 3.95. The van der Waals surface area contributed by atoms with Crippen LogP contribution in [0.4, 0.5) is 4.39 Å². The Balaban J connectivity index is 3.74. The minimum absolute atomic E-state index is 0.160. The Kier molecular flexibility index (Phi) is 2.32. The molecule has 0 amide bonds. The molecule has 0 aliphatic carbocycles. The minimum Gasteiger partial charge on any atom is -0.211 e. The largest absolute Gasteiger partial charge is 0.211 e. The monoisotopic (exact) mass is 164 g/mol. The maximum absolute atomic E-state index is 12.9. The molecule has 1 aromatic rings. The second kappa shape index (κ2) is 3.10. The molecule has 64 valence electrons. The highest BCUT2D eigenvalue weighted by Gasteiger charge is 1.94. The van der Waals surface area contributed by atoms with Crippen LogP contribution in [-0.4, -0.2) is 0 Å². The highest BCUT2D eigenvalue weighted by Crippen LogP contribution is 1.95. The third-order valence-corrected chi connectivity index (χ3v) is 1.99. The fourth-order valence-corrected chi connectivity index (χ4v) is 1.30. The predicted molar refractivity (Wildman–Crippen MR) is 50.9 cm³/mol. The summed E-state index contributed by atoms with van der Waals surface area (Å²) in [6, 6.07) is 3.83. The molecule has 0 atom stereocenters. The number of halogens is 1. The molecule has 0 fully saturated rings. The maximum Gasteiger partial charge on any atom is 0.105 e. The van der Waals surface area contributed by atoms with E-state index >= 15 is 0 Å². The fraction of sp³-hybridized carbons (Fsp3) is 0.273. The molecule has 0 unspecified atom stereocenters. The maximum atomic E-state index is 12.9. The van der Waals surface area contributed by atoms with Gasteiger partial charge in [0.1, 0.15) is 5.83 Å². The molecule has 0 radical (unpaired) electrons. The summed E-state index contributed by atoms with van der Waals surface area (Å²) < 4.78 is 12.9. The van der Waals surface area contributed by atoms with Gasteiger partial charge >= 0.3 is 0 Å². The van der Waals surface area contributed by atoms with Crippen molar-refractivity contribution in [3.05, 3.63) is 33.7 Å². The van der Waals surface area contributed by atoms with Crippen molar-refractivity contribution in [2.45, 2.75) is 20.8 Å². The number of hydrogen-bond donors (Lipinski definition) is 0. The summed E-state index contributed by atoms with van der Waals surface area (Å²) in [7, 11) is 0. The van der Waals surface area contributed by atoms with Gasteiger partial charge in [0.05, 0.1) is 0 Å². The second-order valence-corrected chi connectivity index (χ2v) is 3.14. The van der Waals surface area contributed by atoms with Crippen LogP contribution in [0.5, 0.6) is 0 Å². The highest BCUT2D eigenvalue weighted by molar-refractivity contribution is 5.38. The standard InChI is InChI=1S/C11H13F/c1-7-5-8(2)9(3)11(6-7)10(4)12/h5-6H,3H2,1-2,4H3/b11-10+. The van der Waals surface area contributed by atoms with Gasteiger partial charge in [0.25, 0.3) is 0 Å². The van der Waals surface area contributed by atoms with Crippen LogP contribution in [0.1, 0.15) is 18.1 Å². The third-order valence-electron chi connectivity index (χ3n) is 1.99. The first-order valence-corrected chi connectivity index (χ1v) is 3.95. The van der Waals surface area contributed by atoms with Gasteiger partial charge in [-0.2, -0.15) is 0 Å². The highest BCUT2D eigenvalue weighted by atomic mass is 19.1. The van der Waals surface area contributed by atoms with Crippen molar-refractivity contribution in [3.8, 4) is 0 Å². The molecule has 0 aliphatic heterocycles. The van der Waals surface area contributed by atoms with E-state index in [1.807, 2.05) is 26.0 Å².